The molecule has 0 fully saturated rings. The molecule has 1 amide bonds. The number of nitrogens with one attached hydrogen (secondary N) is 1. The quantitative estimate of drug-likeness (QED) is 0.812. The van der Waals surface area contributed by atoms with Crippen LogP contribution in [-0.2, 0) is 6.54 Å². The Morgan fingerprint density at radius 2 is 2.19 bits per heavy atom. The van der Waals surface area contributed by atoms with E-state index in [4.69, 9.17) is 10.5 Å². The average molecular weight is 286 g/mol. The van der Waals surface area contributed by atoms with E-state index in [2.05, 4.69) is 15.3 Å². The fourth-order valence-electron chi connectivity index (χ4n) is 1.75. The van der Waals surface area contributed by atoms with Gasteiger partial charge in [0.2, 0.25) is 5.88 Å². The molecule has 0 radical (unpaired) electrons. The zero-order valence-corrected chi connectivity index (χ0v) is 11.9. The number of amides is 1. The number of nitrogens with zero attached hydrogens (tertiary/aromatic N) is 2. The predicted molar refractivity (Wildman–Crippen MR) is 80.1 cm³/mol. The number of pyridine rings is 2. The van der Waals surface area contributed by atoms with Crippen LogP contribution >= 0.6 is 0 Å². The molecule has 0 spiro atoms. The first-order valence-corrected chi connectivity index (χ1v) is 6.76. The first-order valence-electron chi connectivity index (χ1n) is 6.76. The standard InChI is InChI=1S/C15H18N4O2/c1-2-7-21-14-4-3-11(9-19-14)8-18-13-5-6-17-10-12(13)15(16)20/h3-6,9-10H,2,7-8H2,1H3,(H2,16,20)(H,17,18). The Labute approximate surface area is 123 Å². The molecule has 2 aromatic rings. The number of carbonyl (C=O) groups is 1. The second-order valence-electron chi connectivity index (χ2n) is 4.49. The average Bonchev–Trinajstić information content (AvgIpc) is 2.52. The van der Waals surface area contributed by atoms with Gasteiger partial charge in [0.15, 0.2) is 0 Å². The number of aromatic nitrogens is 2. The van der Waals surface area contributed by atoms with E-state index in [9.17, 15) is 4.79 Å². The molecule has 2 rings (SSSR count). The Balaban J connectivity index is 1.98. The highest BCUT2D eigenvalue weighted by Gasteiger charge is 2.07. The normalized spacial score (nSPS) is 10.1. The SMILES string of the molecule is CCCOc1ccc(CNc2ccncc2C(N)=O)cn1. The molecule has 0 aliphatic heterocycles. The Hall–Kier alpha value is -2.63. The Morgan fingerprint density at radius 1 is 1.33 bits per heavy atom. The lowest BCUT2D eigenvalue weighted by molar-refractivity contribution is 0.100. The van der Waals surface area contributed by atoms with Gasteiger partial charge >= 0.3 is 0 Å². The molecular weight excluding hydrogens is 268 g/mol. The molecule has 0 saturated carbocycles. The second-order valence-corrected chi connectivity index (χ2v) is 4.49. The molecule has 0 saturated heterocycles. The molecule has 0 aromatic carbocycles. The van der Waals surface area contributed by atoms with Crippen LogP contribution in [0.15, 0.2) is 36.8 Å². The van der Waals surface area contributed by atoms with E-state index in [0.717, 1.165) is 12.0 Å². The summed E-state index contributed by atoms with van der Waals surface area (Å²) in [6, 6.07) is 5.47. The number of carbonyl (C=O) groups excluding carboxylic acids is 1. The largest absolute Gasteiger partial charge is 0.478 e. The lowest BCUT2D eigenvalue weighted by Crippen LogP contribution is -2.14. The molecule has 110 valence electrons. The van der Waals surface area contributed by atoms with Crippen molar-refractivity contribution >= 4 is 11.6 Å². The van der Waals surface area contributed by atoms with Crippen molar-refractivity contribution in [3.05, 3.63) is 47.9 Å². The molecule has 0 aliphatic rings. The Kier molecular flexibility index (Phi) is 5.09. The lowest BCUT2D eigenvalue weighted by atomic mass is 10.2. The smallest absolute Gasteiger partial charge is 0.252 e. The van der Waals surface area contributed by atoms with Gasteiger partial charge in [0.05, 0.1) is 17.9 Å². The topological polar surface area (TPSA) is 90.1 Å². The third kappa shape index (κ3) is 4.17. The molecule has 0 aliphatic carbocycles. The first-order chi connectivity index (χ1) is 10.2. The van der Waals surface area contributed by atoms with Crippen LogP contribution in [0.2, 0.25) is 0 Å². The van der Waals surface area contributed by atoms with Crippen molar-refractivity contribution in [1.29, 1.82) is 0 Å². The summed E-state index contributed by atoms with van der Waals surface area (Å²) < 4.78 is 5.42. The fourth-order valence-corrected chi connectivity index (χ4v) is 1.75. The van der Waals surface area contributed by atoms with Gasteiger partial charge in [-0.3, -0.25) is 9.78 Å². The van der Waals surface area contributed by atoms with Crippen molar-refractivity contribution in [2.45, 2.75) is 19.9 Å². The molecular formula is C15H18N4O2. The number of hydrogen-bond acceptors (Lipinski definition) is 5. The summed E-state index contributed by atoms with van der Waals surface area (Å²) in [6.45, 7) is 3.23. The maximum absolute atomic E-state index is 11.3. The third-order valence-electron chi connectivity index (χ3n) is 2.82. The molecule has 6 nitrogen and oxygen atoms in total. The number of rotatable bonds is 7. The molecule has 0 atom stereocenters. The van der Waals surface area contributed by atoms with Crippen LogP contribution in [0.1, 0.15) is 29.3 Å². The van der Waals surface area contributed by atoms with Crippen molar-refractivity contribution in [3.63, 3.8) is 0 Å². The van der Waals surface area contributed by atoms with Gasteiger partial charge in [0.25, 0.3) is 5.91 Å². The summed E-state index contributed by atoms with van der Waals surface area (Å²) in [4.78, 5) is 19.4. The zero-order chi connectivity index (χ0) is 15.1. The van der Waals surface area contributed by atoms with Gasteiger partial charge in [-0.2, -0.15) is 0 Å². The van der Waals surface area contributed by atoms with Crippen LogP contribution in [0, 0.1) is 0 Å². The summed E-state index contributed by atoms with van der Waals surface area (Å²) in [5.41, 5.74) is 7.31. The highest BCUT2D eigenvalue weighted by atomic mass is 16.5. The predicted octanol–water partition coefficient (Wildman–Crippen LogP) is 1.98. The van der Waals surface area contributed by atoms with E-state index in [1.165, 1.54) is 6.20 Å². The zero-order valence-electron chi connectivity index (χ0n) is 11.9. The van der Waals surface area contributed by atoms with E-state index >= 15 is 0 Å². The van der Waals surface area contributed by atoms with Gasteiger partial charge in [-0.25, -0.2) is 4.98 Å². The van der Waals surface area contributed by atoms with Crippen molar-refractivity contribution in [3.8, 4) is 5.88 Å². The molecule has 0 bridgehead atoms. The van der Waals surface area contributed by atoms with Gasteiger partial charge in [0, 0.05) is 31.2 Å². The number of primary amides is 1. The lowest BCUT2D eigenvalue weighted by Gasteiger charge is -2.10. The maximum Gasteiger partial charge on any atom is 0.252 e. The number of nitrogens with two attached hydrogens (primary N) is 1. The molecule has 3 N–H and O–H groups in total. The highest BCUT2D eigenvalue weighted by Crippen LogP contribution is 2.15. The van der Waals surface area contributed by atoms with Crippen molar-refractivity contribution < 1.29 is 9.53 Å². The van der Waals surface area contributed by atoms with Gasteiger partial charge < -0.3 is 15.8 Å². The van der Waals surface area contributed by atoms with Gasteiger partial charge in [-0.05, 0) is 18.1 Å². The van der Waals surface area contributed by atoms with Gasteiger partial charge in [0.1, 0.15) is 0 Å². The summed E-state index contributed by atoms with van der Waals surface area (Å²) in [6.07, 6.45) is 5.74. The Morgan fingerprint density at radius 3 is 2.86 bits per heavy atom. The van der Waals surface area contributed by atoms with Gasteiger partial charge in [-0.15, -0.1) is 0 Å². The van der Waals surface area contributed by atoms with Crippen LogP contribution in [0.25, 0.3) is 0 Å². The van der Waals surface area contributed by atoms with E-state index in [0.29, 0.717) is 30.3 Å². The molecule has 21 heavy (non-hydrogen) atoms. The number of anilines is 1. The van der Waals surface area contributed by atoms with Crippen LogP contribution in [0.5, 0.6) is 5.88 Å². The fraction of sp³-hybridized carbons (Fsp3) is 0.267. The maximum atomic E-state index is 11.3. The van der Waals surface area contributed by atoms with E-state index in [-0.39, 0.29) is 0 Å². The summed E-state index contributed by atoms with van der Waals surface area (Å²) >= 11 is 0. The summed E-state index contributed by atoms with van der Waals surface area (Å²) in [7, 11) is 0. The third-order valence-corrected chi connectivity index (χ3v) is 2.82. The molecule has 2 aromatic heterocycles. The first kappa shape index (κ1) is 14.8. The second kappa shape index (κ2) is 7.23. The minimum absolute atomic E-state index is 0.369. The van der Waals surface area contributed by atoms with E-state index in [1.54, 1.807) is 18.5 Å². The Bertz CT molecular complexity index is 599. The molecule has 2 heterocycles. The number of ether oxygens (including phenoxy) is 1. The minimum atomic E-state index is -0.507. The van der Waals surface area contributed by atoms with E-state index in [1.807, 2.05) is 19.1 Å². The number of hydrogen-bond donors (Lipinski definition) is 2. The van der Waals surface area contributed by atoms with Crippen LogP contribution in [0.4, 0.5) is 5.69 Å². The van der Waals surface area contributed by atoms with Crippen molar-refractivity contribution in [2.75, 3.05) is 11.9 Å². The highest BCUT2D eigenvalue weighted by molar-refractivity contribution is 5.98. The monoisotopic (exact) mass is 286 g/mol. The van der Waals surface area contributed by atoms with E-state index < -0.39 is 5.91 Å². The van der Waals surface area contributed by atoms with Crippen LogP contribution in [0.3, 0.4) is 0 Å². The summed E-state index contributed by atoms with van der Waals surface area (Å²) in [5.74, 6) is 0.106. The molecule has 0 unspecified atom stereocenters. The van der Waals surface area contributed by atoms with Gasteiger partial charge in [-0.1, -0.05) is 13.0 Å². The molecule has 6 heteroatoms. The summed E-state index contributed by atoms with van der Waals surface area (Å²) in [5, 5.41) is 3.15. The van der Waals surface area contributed by atoms with Crippen molar-refractivity contribution in [2.24, 2.45) is 5.73 Å². The van der Waals surface area contributed by atoms with Crippen LogP contribution in [-0.4, -0.2) is 22.5 Å². The minimum Gasteiger partial charge on any atom is -0.478 e. The van der Waals surface area contributed by atoms with Crippen molar-refractivity contribution in [1.82, 2.24) is 9.97 Å². The van der Waals surface area contributed by atoms with Crippen LogP contribution < -0.4 is 15.8 Å².